The topological polar surface area (TPSA) is 20.3 Å². The third-order valence-electron chi connectivity index (χ3n) is 3.99. The molecular weight excluding hydrogens is 412 g/mol. The molecule has 1 unspecified atom stereocenters. The summed E-state index contributed by atoms with van der Waals surface area (Å²) in [4.78, 5) is 15.9. The van der Waals surface area contributed by atoms with Gasteiger partial charge in [-0.15, -0.1) is 23.1 Å². The van der Waals surface area contributed by atoms with Crippen LogP contribution < -0.4 is 0 Å². The molecule has 1 aliphatic heterocycles. The summed E-state index contributed by atoms with van der Waals surface area (Å²) in [5.74, 6) is -0.286. The number of thioether (sulfide) groups is 1. The van der Waals surface area contributed by atoms with E-state index in [1.165, 1.54) is 28.0 Å². The van der Waals surface area contributed by atoms with Crippen molar-refractivity contribution in [3.05, 3.63) is 56.8 Å². The Morgan fingerprint density at radius 1 is 1.04 bits per heavy atom. The summed E-state index contributed by atoms with van der Waals surface area (Å²) in [5.41, 5.74) is -3.59. The van der Waals surface area contributed by atoms with Crippen molar-refractivity contribution >= 4 is 29.0 Å². The lowest BCUT2D eigenvalue weighted by Gasteiger charge is -2.24. The zero-order valence-electron chi connectivity index (χ0n) is 13.8. The SMILES string of the molecule is Cc1ccc(C2SCCN2C(=O)c2cc(C(F)(F)F)cc(C(F)(F)F)c2)s1. The second-order valence-corrected chi connectivity index (χ2v) is 8.47. The highest BCUT2D eigenvalue weighted by molar-refractivity contribution is 7.99. The molecule has 0 spiro atoms. The smallest absolute Gasteiger partial charge is 0.321 e. The van der Waals surface area contributed by atoms with Crippen LogP contribution in [-0.4, -0.2) is 23.1 Å². The molecule has 0 bridgehead atoms. The molecule has 0 N–H and O–H groups in total. The van der Waals surface area contributed by atoms with Gasteiger partial charge in [-0.3, -0.25) is 4.79 Å². The largest absolute Gasteiger partial charge is 0.416 e. The third-order valence-corrected chi connectivity index (χ3v) is 6.44. The van der Waals surface area contributed by atoms with Gasteiger partial charge < -0.3 is 4.90 Å². The van der Waals surface area contributed by atoms with E-state index >= 15 is 0 Å². The highest BCUT2D eigenvalue weighted by Gasteiger charge is 2.39. The summed E-state index contributed by atoms with van der Waals surface area (Å²) >= 11 is 2.87. The van der Waals surface area contributed by atoms with Crippen LogP contribution in [0.1, 0.15) is 36.6 Å². The molecule has 2 nitrogen and oxygen atoms in total. The lowest BCUT2D eigenvalue weighted by atomic mass is 10.0. The van der Waals surface area contributed by atoms with Gasteiger partial charge >= 0.3 is 12.4 Å². The third kappa shape index (κ3) is 4.26. The number of carbonyl (C=O) groups is 1. The van der Waals surface area contributed by atoms with Crippen LogP contribution in [0.25, 0.3) is 0 Å². The molecule has 1 amide bonds. The number of benzene rings is 1. The fourth-order valence-electron chi connectivity index (χ4n) is 2.74. The van der Waals surface area contributed by atoms with Crippen molar-refractivity contribution in [2.24, 2.45) is 0 Å². The van der Waals surface area contributed by atoms with Crippen LogP contribution in [0, 0.1) is 6.92 Å². The van der Waals surface area contributed by atoms with Crippen molar-refractivity contribution in [2.75, 3.05) is 12.3 Å². The fourth-order valence-corrected chi connectivity index (χ4v) is 5.11. The number of hydrogen-bond donors (Lipinski definition) is 0. The second kappa shape index (κ2) is 7.05. The van der Waals surface area contributed by atoms with Crippen LogP contribution in [0.4, 0.5) is 26.3 Å². The summed E-state index contributed by atoms with van der Waals surface area (Å²) in [6.45, 7) is 2.13. The molecule has 1 aromatic carbocycles. The average Bonchev–Trinajstić information content (AvgIpc) is 3.20. The summed E-state index contributed by atoms with van der Waals surface area (Å²) < 4.78 is 78.2. The lowest BCUT2D eigenvalue weighted by molar-refractivity contribution is -0.143. The maximum Gasteiger partial charge on any atom is 0.416 e. The molecule has 0 saturated carbocycles. The molecule has 146 valence electrons. The summed E-state index contributed by atoms with van der Waals surface area (Å²) in [6.07, 6.45) is -9.97. The fraction of sp³-hybridized carbons (Fsp3) is 0.353. The van der Waals surface area contributed by atoms with Gasteiger partial charge in [-0.25, -0.2) is 0 Å². The molecule has 2 heterocycles. The van der Waals surface area contributed by atoms with Gasteiger partial charge in [-0.1, -0.05) is 0 Å². The van der Waals surface area contributed by atoms with Crippen LogP contribution in [0.5, 0.6) is 0 Å². The first-order valence-electron chi connectivity index (χ1n) is 7.75. The van der Waals surface area contributed by atoms with Crippen molar-refractivity contribution in [3.63, 3.8) is 0 Å². The van der Waals surface area contributed by atoms with E-state index in [1.54, 1.807) is 0 Å². The van der Waals surface area contributed by atoms with Crippen molar-refractivity contribution in [3.8, 4) is 0 Å². The lowest BCUT2D eigenvalue weighted by Crippen LogP contribution is -2.30. The average molecular weight is 425 g/mol. The van der Waals surface area contributed by atoms with Crippen LogP contribution in [0.2, 0.25) is 0 Å². The first kappa shape index (κ1) is 20.1. The monoisotopic (exact) mass is 425 g/mol. The molecule has 3 rings (SSSR count). The van der Waals surface area contributed by atoms with E-state index in [1.807, 2.05) is 19.1 Å². The number of halogens is 6. The van der Waals surface area contributed by atoms with Gasteiger partial charge in [0.05, 0.1) is 11.1 Å². The number of hydrogen-bond acceptors (Lipinski definition) is 3. The zero-order chi connectivity index (χ0) is 20.0. The number of nitrogens with zero attached hydrogens (tertiary/aromatic N) is 1. The van der Waals surface area contributed by atoms with E-state index in [2.05, 4.69) is 0 Å². The highest BCUT2D eigenvalue weighted by Crippen LogP contribution is 2.42. The Morgan fingerprint density at radius 2 is 1.63 bits per heavy atom. The Labute approximate surface area is 159 Å². The Hall–Kier alpha value is -1.68. The van der Waals surface area contributed by atoms with E-state index < -0.39 is 40.3 Å². The van der Waals surface area contributed by atoms with Gasteiger partial charge in [0.15, 0.2) is 0 Å². The van der Waals surface area contributed by atoms with Gasteiger partial charge in [-0.05, 0) is 37.3 Å². The van der Waals surface area contributed by atoms with E-state index in [9.17, 15) is 31.1 Å². The van der Waals surface area contributed by atoms with E-state index in [4.69, 9.17) is 0 Å². The Kier molecular flexibility index (Phi) is 5.24. The van der Waals surface area contributed by atoms with Gasteiger partial charge in [0.1, 0.15) is 5.37 Å². The molecular formula is C17H13F6NOS2. The number of carbonyl (C=O) groups excluding carboxylic acids is 1. The Balaban J connectivity index is 2.00. The van der Waals surface area contributed by atoms with Gasteiger partial charge in [-0.2, -0.15) is 26.3 Å². The van der Waals surface area contributed by atoms with Crippen LogP contribution >= 0.6 is 23.1 Å². The van der Waals surface area contributed by atoms with E-state index in [-0.39, 0.29) is 12.6 Å². The molecule has 0 radical (unpaired) electrons. The number of amides is 1. The van der Waals surface area contributed by atoms with Crippen molar-refractivity contribution in [1.29, 1.82) is 0 Å². The Bertz CT molecular complexity index is 826. The molecule has 1 saturated heterocycles. The quantitative estimate of drug-likeness (QED) is 0.552. The minimum absolute atomic E-state index is 0.0234. The zero-order valence-corrected chi connectivity index (χ0v) is 15.5. The number of rotatable bonds is 2. The van der Waals surface area contributed by atoms with Gasteiger partial charge in [0.2, 0.25) is 0 Å². The van der Waals surface area contributed by atoms with Crippen molar-refractivity contribution in [2.45, 2.75) is 24.7 Å². The van der Waals surface area contributed by atoms with Gasteiger partial charge in [0, 0.05) is 27.6 Å². The summed E-state index contributed by atoms with van der Waals surface area (Å²) in [7, 11) is 0. The first-order valence-corrected chi connectivity index (χ1v) is 9.62. The number of aryl methyl sites for hydroxylation is 1. The van der Waals surface area contributed by atoms with Crippen LogP contribution in [0.3, 0.4) is 0 Å². The minimum atomic E-state index is -4.99. The minimum Gasteiger partial charge on any atom is -0.321 e. The van der Waals surface area contributed by atoms with Crippen LogP contribution in [-0.2, 0) is 12.4 Å². The normalized spacial score (nSPS) is 18.2. The standard InChI is InChI=1S/C17H13F6NOS2/c1-9-2-3-13(27-9)15-24(4-5-26-15)14(25)10-6-11(16(18,19)20)8-12(7-10)17(21,22)23/h2-3,6-8,15H,4-5H2,1H3. The van der Waals surface area contributed by atoms with Crippen molar-refractivity contribution < 1.29 is 31.1 Å². The maximum absolute atomic E-state index is 13.0. The highest BCUT2D eigenvalue weighted by atomic mass is 32.2. The maximum atomic E-state index is 13.0. The molecule has 27 heavy (non-hydrogen) atoms. The molecule has 1 aromatic heterocycles. The molecule has 1 aliphatic rings. The molecule has 0 aliphatic carbocycles. The number of alkyl halides is 6. The molecule has 1 fully saturated rings. The van der Waals surface area contributed by atoms with Crippen LogP contribution in [0.15, 0.2) is 30.3 Å². The summed E-state index contributed by atoms with van der Waals surface area (Å²) in [5, 5.41) is -0.417. The molecule has 10 heteroatoms. The number of thiophene rings is 1. The van der Waals surface area contributed by atoms with E-state index in [0.717, 1.165) is 9.75 Å². The molecule has 2 aromatic rings. The Morgan fingerprint density at radius 3 is 2.11 bits per heavy atom. The summed E-state index contributed by atoms with van der Waals surface area (Å²) in [6, 6.07) is 4.66. The van der Waals surface area contributed by atoms with Crippen molar-refractivity contribution in [1.82, 2.24) is 4.90 Å². The molecule has 1 atom stereocenters. The van der Waals surface area contributed by atoms with E-state index in [0.29, 0.717) is 17.9 Å². The first-order chi connectivity index (χ1) is 12.5. The second-order valence-electron chi connectivity index (χ2n) is 5.96. The predicted octanol–water partition coefficient (Wildman–Crippen LogP) is 5.98. The predicted molar refractivity (Wildman–Crippen MR) is 91.7 cm³/mol. The van der Waals surface area contributed by atoms with Gasteiger partial charge in [0.25, 0.3) is 5.91 Å².